The average Bonchev–Trinajstić information content (AvgIpc) is 3.29. The van der Waals surface area contributed by atoms with Gasteiger partial charge in [-0.05, 0) is 62.2 Å². The van der Waals surface area contributed by atoms with E-state index in [1.165, 1.54) is 18.3 Å². The van der Waals surface area contributed by atoms with Gasteiger partial charge in [0.05, 0.1) is 16.6 Å². The van der Waals surface area contributed by atoms with Gasteiger partial charge >= 0.3 is 5.97 Å². The number of sulfonamides is 1. The minimum Gasteiger partial charge on any atom is -0.478 e. The van der Waals surface area contributed by atoms with Gasteiger partial charge in [-0.2, -0.15) is 0 Å². The first-order chi connectivity index (χ1) is 17.5. The van der Waals surface area contributed by atoms with Crippen LogP contribution in [0.5, 0.6) is 0 Å². The Hall–Kier alpha value is -3.73. The molecule has 0 spiro atoms. The van der Waals surface area contributed by atoms with E-state index >= 15 is 0 Å². The van der Waals surface area contributed by atoms with Crippen molar-refractivity contribution in [3.05, 3.63) is 90.3 Å². The lowest BCUT2D eigenvalue weighted by molar-refractivity contribution is 0.0696. The highest BCUT2D eigenvalue weighted by atomic mass is 32.2. The molecule has 4 N–H and O–H groups in total. The molecule has 9 nitrogen and oxygen atoms in total. The van der Waals surface area contributed by atoms with E-state index in [0.29, 0.717) is 17.8 Å². The number of carbonyl (C=O) groups is 1. The largest absolute Gasteiger partial charge is 0.478 e. The number of pyridine rings is 1. The zero-order chi connectivity index (χ0) is 26.6. The number of nitrogens with zero attached hydrogens (tertiary/aromatic N) is 2. The summed E-state index contributed by atoms with van der Waals surface area (Å²) in [6, 6.07) is 18.3. The Bertz CT molecular complexity index is 1500. The molecule has 4 rings (SSSR count). The fraction of sp³-hybridized carbons (Fsp3) is 0.259. The van der Waals surface area contributed by atoms with Gasteiger partial charge in [-0.25, -0.2) is 18.2 Å². The Balaban J connectivity index is 1.35. The number of rotatable bonds is 11. The molecule has 0 aliphatic carbocycles. The molecule has 2 heterocycles. The lowest BCUT2D eigenvalue weighted by Crippen LogP contribution is -2.42. The number of β-amino-alcohol motifs (C(OH)–C–C–N with tert-alkyl or cyclic N) is 1. The summed E-state index contributed by atoms with van der Waals surface area (Å²) >= 11 is 0. The molecular weight excluding hydrogens is 492 g/mol. The van der Waals surface area contributed by atoms with Gasteiger partial charge in [-0.3, -0.25) is 4.72 Å². The first-order valence-electron chi connectivity index (χ1n) is 11.8. The minimum atomic E-state index is -3.73. The van der Waals surface area contributed by atoms with Gasteiger partial charge in [0.1, 0.15) is 5.65 Å². The molecule has 0 bridgehead atoms. The summed E-state index contributed by atoms with van der Waals surface area (Å²) in [7, 11) is -3.73. The van der Waals surface area contributed by atoms with Crippen LogP contribution in [0.2, 0.25) is 0 Å². The topological polar surface area (TPSA) is 134 Å². The number of fused-ring (bicyclic) bond motifs is 1. The number of nitrogens with one attached hydrogen (secondary N) is 2. The number of hydrogen-bond donors (Lipinski definition) is 4. The summed E-state index contributed by atoms with van der Waals surface area (Å²) in [6.45, 7) is 4.99. The Morgan fingerprint density at radius 2 is 1.84 bits per heavy atom. The molecule has 0 radical (unpaired) electrons. The number of benzene rings is 2. The Morgan fingerprint density at radius 3 is 2.57 bits per heavy atom. The summed E-state index contributed by atoms with van der Waals surface area (Å²) in [6.07, 6.45) is 3.12. The van der Waals surface area contributed by atoms with E-state index in [1.807, 2.05) is 30.7 Å². The lowest BCUT2D eigenvalue weighted by atomic mass is 9.99. The fourth-order valence-corrected chi connectivity index (χ4v) is 5.05. The molecule has 4 aromatic rings. The zero-order valence-corrected chi connectivity index (χ0v) is 21.4. The summed E-state index contributed by atoms with van der Waals surface area (Å²) in [4.78, 5) is 15.6. The van der Waals surface area contributed by atoms with Crippen molar-refractivity contribution in [3.8, 4) is 0 Å². The van der Waals surface area contributed by atoms with Gasteiger partial charge < -0.3 is 20.1 Å². The van der Waals surface area contributed by atoms with Gasteiger partial charge in [-0.1, -0.05) is 30.3 Å². The number of anilines is 1. The van der Waals surface area contributed by atoms with E-state index in [4.69, 9.17) is 5.11 Å². The number of aliphatic hydroxyl groups is 1. The standard InChI is InChI=1S/C27H30N4O5S/c1-27(2,12-14-31-13-11-20-15-21(26(33)34)17-28-25(20)31)29-18-24(32)19-7-6-8-22(16-19)30-37(35,36)23-9-4-3-5-10-23/h3-11,13,15-17,24,29-30,32H,12,14,18H2,1-2H3,(H,33,34)/t24-/m0/s1. The van der Waals surface area contributed by atoms with E-state index in [1.54, 1.807) is 48.5 Å². The van der Waals surface area contributed by atoms with Gasteiger partial charge in [0, 0.05) is 42.1 Å². The second-order valence-electron chi connectivity index (χ2n) is 9.53. The van der Waals surface area contributed by atoms with Crippen molar-refractivity contribution < 1.29 is 23.4 Å². The molecule has 194 valence electrons. The van der Waals surface area contributed by atoms with Crippen LogP contribution in [0.15, 0.2) is 84.0 Å². The van der Waals surface area contributed by atoms with Crippen LogP contribution >= 0.6 is 0 Å². The molecule has 2 aromatic carbocycles. The Morgan fingerprint density at radius 1 is 1.08 bits per heavy atom. The Labute approximate surface area is 215 Å². The number of carboxylic acids is 1. The number of aromatic carboxylic acids is 1. The molecule has 0 amide bonds. The second-order valence-corrected chi connectivity index (χ2v) is 11.2. The molecule has 0 unspecified atom stereocenters. The summed E-state index contributed by atoms with van der Waals surface area (Å²) in [5, 5.41) is 24.1. The molecule has 0 saturated heterocycles. The highest BCUT2D eigenvalue weighted by Gasteiger charge is 2.21. The monoisotopic (exact) mass is 522 g/mol. The van der Waals surface area contributed by atoms with Gasteiger partial charge in [0.15, 0.2) is 0 Å². The van der Waals surface area contributed by atoms with Crippen molar-refractivity contribution in [3.63, 3.8) is 0 Å². The van der Waals surface area contributed by atoms with Crippen molar-refractivity contribution in [1.82, 2.24) is 14.9 Å². The molecule has 0 fully saturated rings. The van der Waals surface area contributed by atoms with Crippen molar-refractivity contribution in [1.29, 1.82) is 0 Å². The quantitative estimate of drug-likeness (QED) is 0.234. The summed E-state index contributed by atoms with van der Waals surface area (Å²) in [5.74, 6) is -1.01. The molecule has 1 atom stereocenters. The van der Waals surface area contributed by atoms with E-state index in [0.717, 1.165) is 17.5 Å². The van der Waals surface area contributed by atoms with Crippen LogP contribution in [0.4, 0.5) is 5.69 Å². The number of aromatic nitrogens is 2. The third kappa shape index (κ3) is 6.53. The molecule has 0 aliphatic heterocycles. The van der Waals surface area contributed by atoms with E-state index in [2.05, 4.69) is 15.0 Å². The predicted molar refractivity (Wildman–Crippen MR) is 142 cm³/mol. The smallest absolute Gasteiger partial charge is 0.337 e. The summed E-state index contributed by atoms with van der Waals surface area (Å²) in [5.41, 5.74) is 1.50. The van der Waals surface area contributed by atoms with Gasteiger partial charge in [-0.15, -0.1) is 0 Å². The normalized spacial score (nSPS) is 12.9. The molecule has 0 aliphatic rings. The summed E-state index contributed by atoms with van der Waals surface area (Å²) < 4.78 is 29.8. The van der Waals surface area contributed by atoms with Crippen molar-refractivity contribution in [2.24, 2.45) is 0 Å². The van der Waals surface area contributed by atoms with Crippen LogP contribution in [0.1, 0.15) is 42.3 Å². The van der Waals surface area contributed by atoms with Crippen LogP contribution in [0.25, 0.3) is 11.0 Å². The third-order valence-corrected chi connectivity index (χ3v) is 7.57. The molecule has 2 aromatic heterocycles. The van der Waals surface area contributed by atoms with E-state index < -0.39 is 22.1 Å². The fourth-order valence-electron chi connectivity index (χ4n) is 3.98. The zero-order valence-electron chi connectivity index (χ0n) is 20.6. The first kappa shape index (κ1) is 26.3. The van der Waals surface area contributed by atoms with Crippen molar-refractivity contribution in [2.75, 3.05) is 11.3 Å². The van der Waals surface area contributed by atoms with Gasteiger partial charge in [0.2, 0.25) is 0 Å². The van der Waals surface area contributed by atoms with Gasteiger partial charge in [0.25, 0.3) is 10.0 Å². The molecule has 10 heteroatoms. The maximum Gasteiger partial charge on any atom is 0.337 e. The van der Waals surface area contributed by atoms with Crippen LogP contribution in [-0.4, -0.2) is 46.2 Å². The number of carboxylic acid groups (broad SMARTS) is 1. The Kier molecular flexibility index (Phi) is 7.63. The van der Waals surface area contributed by atoms with Crippen LogP contribution in [0, 0.1) is 0 Å². The molecule has 37 heavy (non-hydrogen) atoms. The maximum absolute atomic E-state index is 12.6. The second kappa shape index (κ2) is 10.7. The number of hydrogen-bond acceptors (Lipinski definition) is 6. The van der Waals surface area contributed by atoms with Crippen molar-refractivity contribution >= 4 is 32.7 Å². The van der Waals surface area contributed by atoms with Crippen molar-refractivity contribution in [2.45, 2.75) is 43.4 Å². The highest BCUT2D eigenvalue weighted by molar-refractivity contribution is 7.92. The first-order valence-corrected chi connectivity index (χ1v) is 13.3. The van der Waals surface area contributed by atoms with E-state index in [9.17, 15) is 18.3 Å². The lowest BCUT2D eigenvalue weighted by Gasteiger charge is -2.28. The number of aryl methyl sites for hydroxylation is 1. The highest BCUT2D eigenvalue weighted by Crippen LogP contribution is 2.22. The number of aliphatic hydroxyl groups excluding tert-OH is 1. The van der Waals surface area contributed by atoms with Crippen LogP contribution in [0.3, 0.4) is 0 Å². The average molecular weight is 523 g/mol. The molecular formula is C27H30N4O5S. The van der Waals surface area contributed by atoms with Crippen LogP contribution in [-0.2, 0) is 16.6 Å². The SMILES string of the molecule is CC(C)(CCn1ccc2cc(C(=O)O)cnc21)NC[C@H](O)c1cccc(NS(=O)(=O)c2ccccc2)c1. The van der Waals surface area contributed by atoms with E-state index in [-0.39, 0.29) is 22.5 Å². The predicted octanol–water partition coefficient (Wildman–Crippen LogP) is 4.03. The maximum atomic E-state index is 12.6. The molecule has 0 saturated carbocycles. The minimum absolute atomic E-state index is 0.151. The van der Waals surface area contributed by atoms with Crippen LogP contribution < -0.4 is 10.0 Å². The third-order valence-electron chi connectivity index (χ3n) is 6.18.